The van der Waals surface area contributed by atoms with Crippen LogP contribution in [0.5, 0.6) is 0 Å². The van der Waals surface area contributed by atoms with Crippen molar-refractivity contribution in [3.63, 3.8) is 0 Å². The van der Waals surface area contributed by atoms with Gasteiger partial charge in [-0.25, -0.2) is 0 Å². The normalized spacial score (nSPS) is 20.7. The molecule has 1 N–H and O–H groups in total. The van der Waals surface area contributed by atoms with Crippen LogP contribution in [-0.2, 0) is 4.43 Å². The smallest absolute Gasteiger partial charge is 0.261 e. The highest BCUT2D eigenvalue weighted by Gasteiger charge is 2.49. The summed E-state index contributed by atoms with van der Waals surface area (Å²) in [6.45, 7) is 7.84. The lowest BCUT2D eigenvalue weighted by molar-refractivity contribution is 0.287. The maximum Gasteiger partial charge on any atom is 0.261 e. The predicted octanol–water partition coefficient (Wildman–Crippen LogP) is 6.53. The first kappa shape index (κ1) is 23.1. The van der Waals surface area contributed by atoms with Crippen LogP contribution in [0.1, 0.15) is 59.3 Å². The molecule has 2 aromatic rings. The molecule has 0 saturated heterocycles. The molecule has 0 radical (unpaired) electrons. The van der Waals surface area contributed by atoms with E-state index < -0.39 is 8.32 Å². The second-order valence-electron chi connectivity index (χ2n) is 10.5. The third-order valence-electron chi connectivity index (χ3n) is 7.23. The first-order valence-corrected chi connectivity index (χ1v) is 14.2. The quantitative estimate of drug-likeness (QED) is 0.269. The summed E-state index contributed by atoms with van der Waals surface area (Å²) in [4.78, 5) is 0. The Balaban J connectivity index is 1.37. The maximum atomic E-state index is 9.70. The fourth-order valence-corrected chi connectivity index (χ4v) is 10.3. The summed E-state index contributed by atoms with van der Waals surface area (Å²) in [5.74, 6) is 1.71. The number of rotatable bonds is 9. The molecule has 0 aromatic heterocycles. The predicted molar refractivity (Wildman–Crippen MR) is 137 cm³/mol. The molecular formula is C29H38O2Si. The molecule has 2 aliphatic carbocycles. The van der Waals surface area contributed by atoms with Crippen molar-refractivity contribution in [3.8, 4) is 0 Å². The molecule has 32 heavy (non-hydrogen) atoms. The number of unbranched alkanes of at least 4 members (excludes halogenated alkanes) is 2. The van der Waals surface area contributed by atoms with E-state index in [4.69, 9.17) is 4.43 Å². The van der Waals surface area contributed by atoms with Crippen LogP contribution < -0.4 is 10.4 Å². The lowest BCUT2D eigenvalue weighted by Crippen LogP contribution is -2.66. The summed E-state index contributed by atoms with van der Waals surface area (Å²) in [5, 5.41) is 12.5. The Hall–Kier alpha value is -2.10. The summed E-state index contributed by atoms with van der Waals surface area (Å²) in [6, 6.07) is 21.8. The van der Waals surface area contributed by atoms with Crippen LogP contribution in [0.2, 0.25) is 5.04 Å². The van der Waals surface area contributed by atoms with Gasteiger partial charge < -0.3 is 9.53 Å². The first-order chi connectivity index (χ1) is 15.4. The van der Waals surface area contributed by atoms with Crippen molar-refractivity contribution < 1.29 is 9.53 Å². The molecule has 0 bridgehead atoms. The molecule has 0 aliphatic heterocycles. The number of fused-ring (bicyclic) bond motifs is 1. The second-order valence-corrected chi connectivity index (χ2v) is 14.8. The van der Waals surface area contributed by atoms with Crippen molar-refractivity contribution in [3.05, 3.63) is 84.1 Å². The topological polar surface area (TPSA) is 29.5 Å². The molecule has 4 rings (SSSR count). The second kappa shape index (κ2) is 9.80. The number of aliphatic hydroxyl groups is 1. The van der Waals surface area contributed by atoms with E-state index in [0.717, 1.165) is 25.9 Å². The van der Waals surface area contributed by atoms with Gasteiger partial charge in [-0.15, -0.1) is 0 Å². The number of hydrogen-bond donors (Lipinski definition) is 1. The molecule has 0 spiro atoms. The van der Waals surface area contributed by atoms with Crippen LogP contribution in [0.15, 0.2) is 84.1 Å². The molecule has 2 aliphatic rings. The Kier molecular flexibility index (Phi) is 7.07. The minimum Gasteiger partial charge on any atom is -0.513 e. The largest absolute Gasteiger partial charge is 0.513 e. The van der Waals surface area contributed by atoms with Crippen LogP contribution in [0.4, 0.5) is 0 Å². The molecule has 2 atom stereocenters. The van der Waals surface area contributed by atoms with E-state index in [1.54, 1.807) is 5.57 Å². The van der Waals surface area contributed by atoms with Gasteiger partial charge in [0.15, 0.2) is 0 Å². The standard InChI is InChI=1S/C29H38O2Si/c1-29(2,3)32(27-14-8-4-9-15-27,28-16-10-5-11-17-28)31-18-12-6-7-13-23-19-24-21-26(30)22-25(24)20-23/h4-5,8-11,14-17,19,22,24-25,30H,6-7,12-13,18,20-21H2,1-3H3/t24-,25+/m0/s1. The van der Waals surface area contributed by atoms with E-state index in [-0.39, 0.29) is 5.04 Å². The minimum absolute atomic E-state index is 0.0429. The van der Waals surface area contributed by atoms with Gasteiger partial charge in [-0.1, -0.05) is 99.5 Å². The monoisotopic (exact) mass is 446 g/mol. The number of allylic oxidation sites excluding steroid dienone is 4. The van der Waals surface area contributed by atoms with Gasteiger partial charge >= 0.3 is 0 Å². The fraction of sp³-hybridized carbons (Fsp3) is 0.448. The SMILES string of the molecule is CC(C)(C)[Si](OCCCCCC1=C[C@H]2CC(O)=C[C@H]2C1)(c1ccccc1)c1ccccc1. The lowest BCUT2D eigenvalue weighted by atomic mass is 9.99. The Labute approximate surface area is 195 Å². The van der Waals surface area contributed by atoms with Gasteiger partial charge in [0, 0.05) is 13.0 Å². The Morgan fingerprint density at radius 1 is 0.812 bits per heavy atom. The van der Waals surface area contributed by atoms with Crippen LogP contribution in [0.3, 0.4) is 0 Å². The zero-order valence-electron chi connectivity index (χ0n) is 19.9. The molecular weight excluding hydrogens is 408 g/mol. The molecule has 170 valence electrons. The molecule has 0 amide bonds. The van der Waals surface area contributed by atoms with Gasteiger partial charge in [0.1, 0.15) is 0 Å². The van der Waals surface area contributed by atoms with Gasteiger partial charge in [0.05, 0.1) is 5.76 Å². The van der Waals surface area contributed by atoms with Gasteiger partial charge in [0.25, 0.3) is 8.32 Å². The highest BCUT2D eigenvalue weighted by atomic mass is 28.4. The van der Waals surface area contributed by atoms with E-state index >= 15 is 0 Å². The van der Waals surface area contributed by atoms with E-state index in [9.17, 15) is 5.11 Å². The van der Waals surface area contributed by atoms with Crippen LogP contribution in [0, 0.1) is 11.8 Å². The molecule has 3 heteroatoms. The van der Waals surface area contributed by atoms with Crippen LogP contribution >= 0.6 is 0 Å². The van der Waals surface area contributed by atoms with E-state index in [2.05, 4.69) is 93.6 Å². The number of benzene rings is 2. The van der Waals surface area contributed by atoms with E-state index in [1.807, 2.05) is 0 Å². The van der Waals surface area contributed by atoms with Crippen molar-refractivity contribution in [2.24, 2.45) is 11.8 Å². The third kappa shape index (κ3) is 4.79. The molecule has 0 unspecified atom stereocenters. The van der Waals surface area contributed by atoms with E-state index in [0.29, 0.717) is 17.6 Å². The highest BCUT2D eigenvalue weighted by molar-refractivity contribution is 6.99. The Morgan fingerprint density at radius 3 is 1.97 bits per heavy atom. The van der Waals surface area contributed by atoms with Gasteiger partial charge in [-0.3, -0.25) is 0 Å². The summed E-state index contributed by atoms with van der Waals surface area (Å²) in [7, 11) is -2.40. The Morgan fingerprint density at radius 2 is 1.41 bits per heavy atom. The van der Waals surface area contributed by atoms with Gasteiger partial charge in [-0.2, -0.15) is 0 Å². The van der Waals surface area contributed by atoms with Gasteiger partial charge in [-0.05, 0) is 59.0 Å². The molecule has 2 aromatic carbocycles. The fourth-order valence-electron chi connectivity index (χ4n) is 5.70. The molecule has 0 heterocycles. The summed E-state index contributed by atoms with van der Waals surface area (Å²) in [6.07, 6.45) is 11.2. The maximum absolute atomic E-state index is 9.70. The Bertz CT molecular complexity index is 901. The molecule has 0 saturated carbocycles. The first-order valence-electron chi connectivity index (χ1n) is 12.2. The third-order valence-corrected chi connectivity index (χ3v) is 12.3. The summed E-state index contributed by atoms with van der Waals surface area (Å²) < 4.78 is 7.00. The average Bonchev–Trinajstić information content (AvgIpc) is 3.30. The highest BCUT2D eigenvalue weighted by Crippen LogP contribution is 2.42. The number of aliphatic hydroxyl groups excluding tert-OH is 1. The zero-order chi connectivity index (χ0) is 22.6. The van der Waals surface area contributed by atoms with Crippen molar-refractivity contribution >= 4 is 18.7 Å². The zero-order valence-corrected chi connectivity index (χ0v) is 20.9. The number of hydrogen-bond acceptors (Lipinski definition) is 2. The van der Waals surface area contributed by atoms with Crippen molar-refractivity contribution in [2.75, 3.05) is 6.61 Å². The minimum atomic E-state index is -2.40. The lowest BCUT2D eigenvalue weighted by Gasteiger charge is -2.43. The van der Waals surface area contributed by atoms with E-state index in [1.165, 1.54) is 29.6 Å². The summed E-state index contributed by atoms with van der Waals surface area (Å²) >= 11 is 0. The van der Waals surface area contributed by atoms with Crippen molar-refractivity contribution in [1.82, 2.24) is 0 Å². The van der Waals surface area contributed by atoms with Gasteiger partial charge in [0.2, 0.25) is 0 Å². The molecule has 2 nitrogen and oxygen atoms in total. The van der Waals surface area contributed by atoms with Crippen LogP contribution in [-0.4, -0.2) is 20.0 Å². The van der Waals surface area contributed by atoms with Crippen LogP contribution in [0.25, 0.3) is 0 Å². The molecule has 0 fully saturated rings. The van der Waals surface area contributed by atoms with Crippen molar-refractivity contribution in [2.45, 2.75) is 64.3 Å². The summed E-state index contributed by atoms with van der Waals surface area (Å²) in [5.41, 5.74) is 1.59. The average molecular weight is 447 g/mol. The van der Waals surface area contributed by atoms with Crippen molar-refractivity contribution in [1.29, 1.82) is 0 Å².